The zero-order valence-electron chi connectivity index (χ0n) is 10.9. The predicted molar refractivity (Wildman–Crippen MR) is 78.9 cm³/mol. The largest absolute Gasteiger partial charge is 0.272 e. The maximum atomic E-state index is 11.7. The molecule has 0 unspecified atom stereocenters. The molecule has 2 rings (SSSR count). The molecule has 0 radical (unpaired) electrons. The van der Waals surface area contributed by atoms with E-state index in [0.29, 0.717) is 11.0 Å². The molecule has 1 aromatic carbocycles. The van der Waals surface area contributed by atoms with Crippen LogP contribution in [-0.4, -0.2) is 20.1 Å². The molecule has 0 amide bonds. The summed E-state index contributed by atoms with van der Waals surface area (Å²) in [6.45, 7) is 4.33. The summed E-state index contributed by atoms with van der Waals surface area (Å²) in [6, 6.07) is 10.3. The summed E-state index contributed by atoms with van der Waals surface area (Å²) in [6.07, 6.45) is 2.80. The molecule has 0 N–H and O–H groups in total. The van der Waals surface area contributed by atoms with E-state index in [1.165, 1.54) is 5.56 Å². The Bertz CT molecular complexity index is 406. The lowest BCUT2D eigenvalue weighted by Gasteiger charge is -2.36. The van der Waals surface area contributed by atoms with E-state index < -0.39 is 11.1 Å². The fourth-order valence-corrected chi connectivity index (χ4v) is 4.99. The van der Waals surface area contributed by atoms with Crippen molar-refractivity contribution in [2.24, 2.45) is 0 Å². The lowest BCUT2D eigenvalue weighted by atomic mass is 10.0. The summed E-state index contributed by atoms with van der Waals surface area (Å²) in [7, 11) is 0. The Morgan fingerprint density at radius 3 is 2.72 bits per heavy atom. The molecule has 1 aromatic rings. The third-order valence-corrected chi connectivity index (χ3v) is 5.45. The van der Waals surface area contributed by atoms with Crippen molar-refractivity contribution in [1.29, 1.82) is 0 Å². The Morgan fingerprint density at radius 1 is 1.39 bits per heavy atom. The van der Waals surface area contributed by atoms with Gasteiger partial charge >= 0.3 is 0 Å². The van der Waals surface area contributed by atoms with Gasteiger partial charge in [0.15, 0.2) is 11.1 Å². The Hall–Kier alpha value is -0.320. The molecule has 0 aromatic heterocycles. The maximum absolute atomic E-state index is 11.7. The second-order valence-corrected chi connectivity index (χ2v) is 8.04. The molecule has 1 heterocycles. The number of hydrogen-bond donors (Lipinski definition) is 0. The van der Waals surface area contributed by atoms with Crippen LogP contribution in [0.2, 0.25) is 0 Å². The maximum Gasteiger partial charge on any atom is 0.156 e. The second-order valence-electron chi connectivity index (χ2n) is 4.93. The Balaban J connectivity index is 2.16. The van der Waals surface area contributed by atoms with Gasteiger partial charge in [-0.1, -0.05) is 44.2 Å². The van der Waals surface area contributed by atoms with Gasteiger partial charge in [-0.2, -0.15) is 0 Å². The van der Waals surface area contributed by atoms with E-state index in [0.717, 1.165) is 19.3 Å². The topological polar surface area (TPSA) is 26.3 Å². The highest BCUT2D eigenvalue weighted by Gasteiger charge is 2.38. The van der Waals surface area contributed by atoms with Crippen LogP contribution in [0.4, 0.5) is 0 Å². The fourth-order valence-electron chi connectivity index (χ4n) is 2.29. The standard InChI is InChI=1S/C14H20O2S2/c1-12(2)17-14(9-6-10-18(15)16-14)11-13-7-4-3-5-8-13/h3-5,7-8,12H,6,9-11H2,1-2H3/t14-,18-/m0/s1. The van der Waals surface area contributed by atoms with Crippen molar-refractivity contribution in [3.63, 3.8) is 0 Å². The summed E-state index contributed by atoms with van der Waals surface area (Å²) < 4.78 is 17.5. The second kappa shape index (κ2) is 6.22. The van der Waals surface area contributed by atoms with Crippen LogP contribution in [0.15, 0.2) is 30.3 Å². The van der Waals surface area contributed by atoms with Crippen LogP contribution in [0.25, 0.3) is 0 Å². The summed E-state index contributed by atoms with van der Waals surface area (Å²) in [4.78, 5) is -0.307. The third-order valence-electron chi connectivity index (χ3n) is 2.88. The van der Waals surface area contributed by atoms with Gasteiger partial charge < -0.3 is 0 Å². The molecule has 18 heavy (non-hydrogen) atoms. The van der Waals surface area contributed by atoms with E-state index in [9.17, 15) is 4.21 Å². The van der Waals surface area contributed by atoms with Gasteiger partial charge in [0.2, 0.25) is 0 Å². The van der Waals surface area contributed by atoms with Crippen molar-refractivity contribution in [2.75, 3.05) is 5.75 Å². The molecule has 4 heteroatoms. The molecule has 1 aliphatic heterocycles. The molecular weight excluding hydrogens is 264 g/mol. The van der Waals surface area contributed by atoms with Gasteiger partial charge in [-0.25, -0.2) is 4.21 Å². The molecule has 2 atom stereocenters. The van der Waals surface area contributed by atoms with Crippen LogP contribution in [0.5, 0.6) is 0 Å². The van der Waals surface area contributed by atoms with E-state index in [1.54, 1.807) is 11.8 Å². The summed E-state index contributed by atoms with van der Waals surface area (Å²) in [5.41, 5.74) is 1.25. The van der Waals surface area contributed by atoms with Crippen LogP contribution < -0.4 is 0 Å². The highest BCUT2D eigenvalue weighted by molar-refractivity contribution is 8.01. The Labute approximate surface area is 116 Å². The highest BCUT2D eigenvalue weighted by atomic mass is 32.2. The van der Waals surface area contributed by atoms with Crippen LogP contribution in [0.3, 0.4) is 0 Å². The molecule has 0 aliphatic carbocycles. The van der Waals surface area contributed by atoms with Gasteiger partial charge in [-0.15, -0.1) is 11.8 Å². The average Bonchev–Trinajstić information content (AvgIpc) is 2.28. The van der Waals surface area contributed by atoms with Gasteiger partial charge in [-0.3, -0.25) is 4.18 Å². The van der Waals surface area contributed by atoms with E-state index >= 15 is 0 Å². The quantitative estimate of drug-likeness (QED) is 0.846. The SMILES string of the molecule is CC(C)S[C@]1(Cc2ccccc2)CCC[S@@](=O)O1. The van der Waals surface area contributed by atoms with Gasteiger partial charge in [0.25, 0.3) is 0 Å². The van der Waals surface area contributed by atoms with Crippen molar-refractivity contribution in [2.45, 2.75) is 43.3 Å². The fraction of sp³-hybridized carbons (Fsp3) is 0.571. The molecular formula is C14H20O2S2. The normalized spacial score (nSPS) is 28.5. The van der Waals surface area contributed by atoms with Crippen molar-refractivity contribution in [3.8, 4) is 0 Å². The third kappa shape index (κ3) is 3.84. The molecule has 1 fully saturated rings. The zero-order chi connectivity index (χ0) is 13.0. The Kier molecular flexibility index (Phi) is 4.87. The molecule has 0 bridgehead atoms. The van der Waals surface area contributed by atoms with Crippen molar-refractivity contribution in [3.05, 3.63) is 35.9 Å². The van der Waals surface area contributed by atoms with Crippen LogP contribution in [0, 0.1) is 0 Å². The van der Waals surface area contributed by atoms with Gasteiger partial charge in [0.1, 0.15) is 4.93 Å². The molecule has 1 aliphatic rings. The first-order valence-corrected chi connectivity index (χ1v) is 8.52. The minimum atomic E-state index is -1.12. The zero-order valence-corrected chi connectivity index (χ0v) is 12.6. The summed E-state index contributed by atoms with van der Waals surface area (Å²) in [5, 5.41) is 0.476. The van der Waals surface area contributed by atoms with Crippen LogP contribution >= 0.6 is 11.8 Å². The van der Waals surface area contributed by atoms with E-state index in [4.69, 9.17) is 4.18 Å². The van der Waals surface area contributed by atoms with E-state index in [-0.39, 0.29) is 4.93 Å². The minimum absolute atomic E-state index is 0.307. The van der Waals surface area contributed by atoms with Crippen molar-refractivity contribution < 1.29 is 8.39 Å². The van der Waals surface area contributed by atoms with Crippen molar-refractivity contribution in [1.82, 2.24) is 0 Å². The monoisotopic (exact) mass is 284 g/mol. The summed E-state index contributed by atoms with van der Waals surface area (Å²) >= 11 is 0.686. The van der Waals surface area contributed by atoms with E-state index in [2.05, 4.69) is 26.0 Å². The van der Waals surface area contributed by atoms with Crippen LogP contribution in [-0.2, 0) is 21.7 Å². The molecule has 0 spiro atoms. The average molecular weight is 284 g/mol. The van der Waals surface area contributed by atoms with Crippen molar-refractivity contribution >= 4 is 22.8 Å². The van der Waals surface area contributed by atoms with Gasteiger partial charge in [0, 0.05) is 17.4 Å². The lowest BCUT2D eigenvalue weighted by molar-refractivity contribution is 0.162. The predicted octanol–water partition coefficient (Wildman–Crippen LogP) is 3.54. The van der Waals surface area contributed by atoms with E-state index in [1.807, 2.05) is 18.2 Å². The smallest absolute Gasteiger partial charge is 0.156 e. The number of rotatable bonds is 4. The number of thioether (sulfide) groups is 1. The lowest BCUT2D eigenvalue weighted by Crippen LogP contribution is -2.38. The van der Waals surface area contributed by atoms with Gasteiger partial charge in [0.05, 0.1) is 0 Å². The first kappa shape index (κ1) is 14.1. The minimum Gasteiger partial charge on any atom is -0.272 e. The number of hydrogen-bond acceptors (Lipinski definition) is 3. The Morgan fingerprint density at radius 2 is 2.11 bits per heavy atom. The number of benzene rings is 1. The highest BCUT2D eigenvalue weighted by Crippen LogP contribution is 2.41. The van der Waals surface area contributed by atoms with Crippen LogP contribution in [0.1, 0.15) is 32.3 Å². The molecule has 1 saturated heterocycles. The van der Waals surface area contributed by atoms with Gasteiger partial charge in [-0.05, 0) is 18.4 Å². The molecule has 2 nitrogen and oxygen atoms in total. The molecule has 100 valence electrons. The molecule has 0 saturated carbocycles. The first-order valence-electron chi connectivity index (χ1n) is 6.39. The first-order chi connectivity index (χ1) is 8.60. The summed E-state index contributed by atoms with van der Waals surface area (Å²) in [5.74, 6) is 0.676.